The minimum atomic E-state index is -1.84. The summed E-state index contributed by atoms with van der Waals surface area (Å²) in [5.41, 5.74) is 4.45. The van der Waals surface area contributed by atoms with Gasteiger partial charge in [-0.3, -0.25) is 0 Å². The summed E-state index contributed by atoms with van der Waals surface area (Å²) in [5, 5.41) is 11.2. The average Bonchev–Trinajstić information content (AvgIpc) is 2.10. The molecule has 0 rings (SSSR count). The van der Waals surface area contributed by atoms with Gasteiger partial charge < -0.3 is 20.9 Å². The van der Waals surface area contributed by atoms with Gasteiger partial charge in [-0.25, -0.2) is 9.59 Å². The molecular formula is C11H22N2O4. The molecule has 0 radical (unpaired) electrons. The van der Waals surface area contributed by atoms with Crippen molar-refractivity contribution in [2.45, 2.75) is 51.7 Å². The lowest BCUT2D eigenvalue weighted by molar-refractivity contribution is -0.139. The number of hydrogen-bond acceptors (Lipinski definition) is 4. The molecule has 0 aromatic rings. The fraction of sp³-hybridized carbons (Fsp3) is 0.818. The normalized spacial score (nSPS) is 15.5. The summed E-state index contributed by atoms with van der Waals surface area (Å²) < 4.78 is 19.2. The monoisotopic (exact) mass is 248 g/mol. The standard InChI is InChI=1S/C11H22N2O4/c1-11(2,3)17-10(16)13-8(9(14)15)6-4-5-7-12/h8H,4-7,12H2,1-3H3,(H,13,16)(H,14,15)/t8-/m0/s1/i7D2. The topological polar surface area (TPSA) is 102 Å². The van der Waals surface area contributed by atoms with Crippen molar-refractivity contribution in [3.63, 3.8) is 0 Å². The summed E-state index contributed by atoms with van der Waals surface area (Å²) in [7, 11) is 0. The van der Waals surface area contributed by atoms with Gasteiger partial charge in [0.2, 0.25) is 0 Å². The number of rotatable bonds is 6. The van der Waals surface area contributed by atoms with Gasteiger partial charge in [-0.1, -0.05) is 0 Å². The molecule has 0 aliphatic heterocycles. The number of amides is 1. The molecule has 4 N–H and O–H groups in total. The van der Waals surface area contributed by atoms with Crippen LogP contribution in [-0.4, -0.2) is 35.3 Å². The molecule has 1 atom stereocenters. The van der Waals surface area contributed by atoms with E-state index in [1.807, 2.05) is 0 Å². The molecule has 6 heteroatoms. The second kappa shape index (κ2) is 7.11. The molecule has 0 spiro atoms. The first kappa shape index (κ1) is 12.2. The maximum atomic E-state index is 11.4. The van der Waals surface area contributed by atoms with E-state index in [4.69, 9.17) is 18.3 Å². The fourth-order valence-corrected chi connectivity index (χ4v) is 1.12. The van der Waals surface area contributed by atoms with E-state index in [0.29, 0.717) is 0 Å². The third kappa shape index (κ3) is 8.50. The van der Waals surface area contributed by atoms with Crippen molar-refractivity contribution in [3.05, 3.63) is 0 Å². The second-order valence-electron chi connectivity index (χ2n) is 4.63. The zero-order valence-corrected chi connectivity index (χ0v) is 10.4. The van der Waals surface area contributed by atoms with E-state index in [1.54, 1.807) is 20.8 Å². The molecule has 100 valence electrons. The summed E-state index contributed by atoms with van der Waals surface area (Å²) >= 11 is 0. The molecule has 0 heterocycles. The molecule has 17 heavy (non-hydrogen) atoms. The third-order valence-electron chi connectivity index (χ3n) is 1.80. The van der Waals surface area contributed by atoms with Gasteiger partial charge in [0.25, 0.3) is 0 Å². The molecule has 0 fully saturated rings. The van der Waals surface area contributed by atoms with Crippen LogP contribution in [0.25, 0.3) is 0 Å². The Morgan fingerprint density at radius 3 is 2.47 bits per heavy atom. The Morgan fingerprint density at radius 1 is 1.47 bits per heavy atom. The molecule has 0 aromatic carbocycles. The number of ether oxygens (including phenoxy) is 1. The summed E-state index contributed by atoms with van der Waals surface area (Å²) in [5.74, 6) is -1.19. The van der Waals surface area contributed by atoms with Crippen molar-refractivity contribution in [2.24, 2.45) is 5.73 Å². The summed E-state index contributed by atoms with van der Waals surface area (Å²) in [6.45, 7) is 3.18. The van der Waals surface area contributed by atoms with Gasteiger partial charge in [0, 0.05) is 2.74 Å². The highest BCUT2D eigenvalue weighted by atomic mass is 16.6. The number of carboxylic acids is 1. The maximum absolute atomic E-state index is 11.4. The van der Waals surface area contributed by atoms with Gasteiger partial charge in [-0.15, -0.1) is 0 Å². The van der Waals surface area contributed by atoms with Crippen LogP contribution in [0.3, 0.4) is 0 Å². The van der Waals surface area contributed by atoms with Crippen molar-refractivity contribution in [1.82, 2.24) is 5.32 Å². The van der Waals surface area contributed by atoms with E-state index < -0.39 is 30.2 Å². The van der Waals surface area contributed by atoms with E-state index in [-0.39, 0.29) is 19.3 Å². The van der Waals surface area contributed by atoms with E-state index >= 15 is 0 Å². The minimum absolute atomic E-state index is 0.0206. The highest BCUT2D eigenvalue weighted by Crippen LogP contribution is 2.08. The fourth-order valence-electron chi connectivity index (χ4n) is 1.12. The Bertz CT molecular complexity index is 324. The quantitative estimate of drug-likeness (QED) is 0.653. The predicted octanol–water partition coefficient (Wildman–Crippen LogP) is 1.09. The Morgan fingerprint density at radius 2 is 2.06 bits per heavy atom. The van der Waals surface area contributed by atoms with Crippen LogP contribution in [0.1, 0.15) is 42.8 Å². The predicted molar refractivity (Wildman–Crippen MR) is 63.7 cm³/mol. The van der Waals surface area contributed by atoms with Gasteiger partial charge in [-0.2, -0.15) is 0 Å². The number of hydrogen-bond donors (Lipinski definition) is 3. The first-order chi connectivity index (χ1) is 8.41. The van der Waals surface area contributed by atoms with Crippen LogP contribution in [0.4, 0.5) is 4.79 Å². The lowest BCUT2D eigenvalue weighted by Gasteiger charge is -2.21. The largest absolute Gasteiger partial charge is 0.480 e. The van der Waals surface area contributed by atoms with Crippen LogP contribution < -0.4 is 11.1 Å². The van der Waals surface area contributed by atoms with Gasteiger partial charge in [0.1, 0.15) is 11.6 Å². The van der Waals surface area contributed by atoms with Crippen LogP contribution in [0, 0.1) is 0 Å². The van der Waals surface area contributed by atoms with E-state index in [9.17, 15) is 9.59 Å². The molecule has 0 saturated heterocycles. The van der Waals surface area contributed by atoms with Gasteiger partial charge in [-0.05, 0) is 46.5 Å². The van der Waals surface area contributed by atoms with E-state index in [1.165, 1.54) is 0 Å². The number of alkyl carbamates (subject to hydrolysis) is 1. The molecule has 0 unspecified atom stereocenters. The van der Waals surface area contributed by atoms with Crippen LogP contribution in [0.15, 0.2) is 0 Å². The van der Waals surface area contributed by atoms with Crippen LogP contribution in [0.2, 0.25) is 0 Å². The van der Waals surface area contributed by atoms with Gasteiger partial charge in [0.15, 0.2) is 0 Å². The summed E-state index contributed by atoms with van der Waals surface area (Å²) in [6, 6.07) is -1.11. The zero-order chi connectivity index (χ0) is 15.3. The lowest BCUT2D eigenvalue weighted by atomic mass is 10.1. The third-order valence-corrected chi connectivity index (χ3v) is 1.80. The number of nitrogens with two attached hydrogens (primary N) is 1. The number of carboxylic acid groups (broad SMARTS) is 1. The Hall–Kier alpha value is -1.30. The van der Waals surface area contributed by atoms with Gasteiger partial charge >= 0.3 is 12.1 Å². The lowest BCUT2D eigenvalue weighted by Crippen LogP contribution is -2.43. The van der Waals surface area contributed by atoms with Crippen molar-refractivity contribution >= 4 is 12.1 Å². The first-order valence-electron chi connectivity index (χ1n) is 6.42. The molecule has 6 nitrogen and oxygen atoms in total. The molecule has 0 aliphatic rings. The molecule has 0 aromatic heterocycles. The molecule has 0 bridgehead atoms. The molecule has 0 saturated carbocycles. The van der Waals surface area contributed by atoms with Crippen LogP contribution >= 0.6 is 0 Å². The minimum Gasteiger partial charge on any atom is -0.480 e. The highest BCUT2D eigenvalue weighted by molar-refractivity contribution is 5.79. The summed E-state index contributed by atoms with van der Waals surface area (Å²) in [6.07, 6.45) is -0.454. The zero-order valence-electron chi connectivity index (χ0n) is 12.4. The number of carbonyl (C=O) groups excluding carboxylic acids is 1. The number of aliphatic carboxylic acids is 1. The van der Waals surface area contributed by atoms with Gasteiger partial charge in [0.05, 0.1) is 0 Å². The Kier molecular flexibility index (Phi) is 5.09. The van der Waals surface area contributed by atoms with Crippen molar-refractivity contribution in [1.29, 1.82) is 0 Å². The van der Waals surface area contributed by atoms with Crippen molar-refractivity contribution in [3.8, 4) is 0 Å². The highest BCUT2D eigenvalue weighted by Gasteiger charge is 2.23. The van der Waals surface area contributed by atoms with Crippen LogP contribution in [-0.2, 0) is 9.53 Å². The van der Waals surface area contributed by atoms with E-state index in [2.05, 4.69) is 5.32 Å². The molecular weight excluding hydrogens is 224 g/mol. The van der Waals surface area contributed by atoms with Crippen molar-refractivity contribution < 1.29 is 22.2 Å². The smallest absolute Gasteiger partial charge is 0.408 e. The molecule has 1 amide bonds. The average molecular weight is 248 g/mol. The maximum Gasteiger partial charge on any atom is 0.408 e. The summed E-state index contributed by atoms with van der Waals surface area (Å²) in [4.78, 5) is 22.4. The molecule has 0 aliphatic carbocycles. The van der Waals surface area contributed by atoms with Crippen LogP contribution in [0.5, 0.6) is 0 Å². The Balaban J connectivity index is 4.28. The first-order valence-corrected chi connectivity index (χ1v) is 5.42. The van der Waals surface area contributed by atoms with Crippen molar-refractivity contribution in [2.75, 3.05) is 6.50 Å². The second-order valence-corrected chi connectivity index (χ2v) is 4.63. The number of carbonyl (C=O) groups is 2. The SMILES string of the molecule is [2H]C([2H])(N)CCC[C@H](NC(=O)OC(C)(C)C)C(=O)O. The van der Waals surface area contributed by atoms with E-state index in [0.717, 1.165) is 0 Å². The Labute approximate surface area is 104 Å². The number of nitrogens with one attached hydrogen (secondary N) is 1.